The molecule has 1 unspecified atom stereocenters. The average Bonchev–Trinajstić information content (AvgIpc) is 2.44. The van der Waals surface area contributed by atoms with Crippen molar-refractivity contribution >= 4 is 27.8 Å². The minimum atomic E-state index is -4.43. The molecule has 5 nitrogen and oxygen atoms in total. The molecule has 25 heavy (non-hydrogen) atoms. The summed E-state index contributed by atoms with van der Waals surface area (Å²) in [5.41, 5.74) is -1.39. The summed E-state index contributed by atoms with van der Waals surface area (Å²) in [6.45, 7) is 6.45. The summed E-state index contributed by atoms with van der Waals surface area (Å²) >= 11 is 3.17. The Morgan fingerprint density at radius 2 is 2.08 bits per heavy atom. The van der Waals surface area contributed by atoms with Gasteiger partial charge >= 0.3 is 12.3 Å². The number of amides is 1. The second-order valence-electron chi connectivity index (χ2n) is 6.96. The third-order valence-electron chi connectivity index (χ3n) is 3.59. The summed E-state index contributed by atoms with van der Waals surface area (Å²) in [7, 11) is 0. The number of halogens is 4. The van der Waals surface area contributed by atoms with E-state index in [0.29, 0.717) is 18.9 Å². The molecule has 0 bridgehead atoms. The molecule has 0 saturated carbocycles. The van der Waals surface area contributed by atoms with E-state index in [1.807, 2.05) is 4.90 Å². The predicted molar refractivity (Wildman–Crippen MR) is 91.5 cm³/mol. The molecule has 1 aromatic rings. The van der Waals surface area contributed by atoms with E-state index in [4.69, 9.17) is 4.74 Å². The molecule has 2 rings (SSSR count). The topological polar surface area (TPSA) is 54.5 Å². The van der Waals surface area contributed by atoms with Crippen LogP contribution in [-0.4, -0.2) is 35.8 Å². The van der Waals surface area contributed by atoms with E-state index >= 15 is 0 Å². The van der Waals surface area contributed by atoms with Crippen LogP contribution in [0, 0.1) is 0 Å². The van der Waals surface area contributed by atoms with E-state index in [-0.39, 0.29) is 10.5 Å². The van der Waals surface area contributed by atoms with E-state index in [0.717, 1.165) is 25.1 Å². The zero-order chi connectivity index (χ0) is 18.8. The normalized spacial score (nSPS) is 18.8. The van der Waals surface area contributed by atoms with Crippen LogP contribution < -0.4 is 10.2 Å². The number of piperidine rings is 1. The molecule has 1 aromatic heterocycles. The van der Waals surface area contributed by atoms with Crippen molar-refractivity contribution < 1.29 is 22.7 Å². The van der Waals surface area contributed by atoms with Crippen LogP contribution in [0.3, 0.4) is 0 Å². The lowest BCUT2D eigenvalue weighted by molar-refractivity contribution is -0.137. The molecule has 9 heteroatoms. The first-order chi connectivity index (χ1) is 11.5. The van der Waals surface area contributed by atoms with Gasteiger partial charge in [-0.25, -0.2) is 9.78 Å². The van der Waals surface area contributed by atoms with Crippen molar-refractivity contribution in [3.05, 3.63) is 22.3 Å². The molecule has 1 aliphatic heterocycles. The monoisotopic (exact) mass is 423 g/mol. The number of anilines is 1. The van der Waals surface area contributed by atoms with Gasteiger partial charge in [-0.15, -0.1) is 0 Å². The Morgan fingerprint density at radius 3 is 2.64 bits per heavy atom. The average molecular weight is 424 g/mol. The molecule has 0 spiro atoms. The highest BCUT2D eigenvalue weighted by atomic mass is 79.9. The maximum atomic E-state index is 12.7. The molecule has 1 amide bonds. The first kappa shape index (κ1) is 19.8. The van der Waals surface area contributed by atoms with Gasteiger partial charge in [0.25, 0.3) is 0 Å². The number of nitrogens with one attached hydrogen (secondary N) is 1. The minimum absolute atomic E-state index is 0.153. The summed E-state index contributed by atoms with van der Waals surface area (Å²) in [4.78, 5) is 17.7. The molecule has 1 N–H and O–H groups in total. The number of carbonyl (C=O) groups is 1. The summed E-state index contributed by atoms with van der Waals surface area (Å²) in [5.74, 6) is 0.434. The van der Waals surface area contributed by atoms with Crippen molar-refractivity contribution in [1.82, 2.24) is 10.3 Å². The van der Waals surface area contributed by atoms with Crippen molar-refractivity contribution in [1.29, 1.82) is 0 Å². The molecule has 140 valence electrons. The van der Waals surface area contributed by atoms with Crippen LogP contribution >= 0.6 is 15.9 Å². The van der Waals surface area contributed by atoms with Gasteiger partial charge in [-0.1, -0.05) is 0 Å². The minimum Gasteiger partial charge on any atom is -0.444 e. The third-order valence-corrected chi connectivity index (χ3v) is 4.17. The Bertz CT molecular complexity index is 632. The zero-order valence-corrected chi connectivity index (χ0v) is 15.9. The van der Waals surface area contributed by atoms with Crippen molar-refractivity contribution in [2.75, 3.05) is 18.0 Å². The van der Waals surface area contributed by atoms with E-state index in [1.165, 1.54) is 0 Å². The number of alkyl halides is 3. The second kappa shape index (κ2) is 7.39. The van der Waals surface area contributed by atoms with Gasteiger partial charge in [-0.05, 0) is 55.6 Å². The Hall–Kier alpha value is -1.51. The van der Waals surface area contributed by atoms with Crippen molar-refractivity contribution in [3.8, 4) is 0 Å². The van der Waals surface area contributed by atoms with Crippen LogP contribution in [0.1, 0.15) is 39.2 Å². The lowest BCUT2D eigenvalue weighted by Crippen LogP contribution is -2.49. The number of aromatic nitrogens is 1. The van der Waals surface area contributed by atoms with Crippen LogP contribution in [0.4, 0.5) is 23.8 Å². The number of hydrogen-bond acceptors (Lipinski definition) is 4. The summed E-state index contributed by atoms with van der Waals surface area (Å²) in [6.07, 6.45) is -2.55. The van der Waals surface area contributed by atoms with Crippen LogP contribution in [0.15, 0.2) is 16.7 Å². The predicted octanol–water partition coefficient (Wildman–Crippen LogP) is 4.36. The fourth-order valence-corrected chi connectivity index (χ4v) is 3.18. The number of rotatable bonds is 2. The van der Waals surface area contributed by atoms with Crippen LogP contribution in [0.2, 0.25) is 0 Å². The van der Waals surface area contributed by atoms with Gasteiger partial charge in [-0.2, -0.15) is 13.2 Å². The number of pyridine rings is 1. The van der Waals surface area contributed by atoms with E-state index < -0.39 is 23.4 Å². The van der Waals surface area contributed by atoms with Crippen molar-refractivity contribution in [2.45, 2.75) is 51.4 Å². The number of hydrogen-bond donors (Lipinski definition) is 1. The molecule has 0 aromatic carbocycles. The van der Waals surface area contributed by atoms with Gasteiger partial charge in [0, 0.05) is 25.3 Å². The molecule has 1 fully saturated rings. The lowest BCUT2D eigenvalue weighted by Gasteiger charge is -2.34. The fraction of sp³-hybridized carbons (Fsp3) is 0.625. The SMILES string of the molecule is CC(C)(C)OC(=O)NC1CCCN(c2ncc(C(F)(F)F)cc2Br)C1. The molecular weight excluding hydrogens is 403 g/mol. The summed E-state index contributed by atoms with van der Waals surface area (Å²) < 4.78 is 43.8. The molecule has 1 atom stereocenters. The van der Waals surface area contributed by atoms with Crippen LogP contribution in [0.25, 0.3) is 0 Å². The molecule has 1 saturated heterocycles. The fourth-order valence-electron chi connectivity index (χ4n) is 2.58. The Kier molecular flexibility index (Phi) is 5.86. The first-order valence-electron chi connectivity index (χ1n) is 7.93. The number of carbonyl (C=O) groups excluding carboxylic acids is 1. The van der Waals surface area contributed by atoms with Gasteiger partial charge < -0.3 is 15.0 Å². The van der Waals surface area contributed by atoms with E-state index in [1.54, 1.807) is 20.8 Å². The molecule has 0 aliphatic carbocycles. The smallest absolute Gasteiger partial charge is 0.417 e. The van der Waals surface area contributed by atoms with Gasteiger partial charge in [0.05, 0.1) is 10.0 Å². The quantitative estimate of drug-likeness (QED) is 0.767. The Labute approximate surface area is 153 Å². The van der Waals surface area contributed by atoms with Crippen molar-refractivity contribution in [3.63, 3.8) is 0 Å². The maximum absolute atomic E-state index is 12.7. The Balaban J connectivity index is 2.05. The highest BCUT2D eigenvalue weighted by Gasteiger charge is 2.32. The van der Waals surface area contributed by atoms with Gasteiger partial charge in [0.1, 0.15) is 11.4 Å². The zero-order valence-electron chi connectivity index (χ0n) is 14.3. The third kappa shape index (κ3) is 5.76. The molecule has 1 aliphatic rings. The number of nitrogens with zero attached hydrogens (tertiary/aromatic N) is 2. The van der Waals surface area contributed by atoms with E-state index in [9.17, 15) is 18.0 Å². The summed E-state index contributed by atoms with van der Waals surface area (Å²) in [6, 6.07) is 0.868. The van der Waals surface area contributed by atoms with Crippen LogP contribution in [0.5, 0.6) is 0 Å². The Morgan fingerprint density at radius 1 is 1.40 bits per heavy atom. The number of alkyl carbamates (subject to hydrolysis) is 1. The van der Waals surface area contributed by atoms with Gasteiger partial charge in [0.15, 0.2) is 0 Å². The van der Waals surface area contributed by atoms with Crippen molar-refractivity contribution in [2.24, 2.45) is 0 Å². The maximum Gasteiger partial charge on any atom is 0.417 e. The molecule has 2 heterocycles. The standard InChI is InChI=1S/C16H21BrF3N3O2/c1-15(2,3)25-14(24)22-11-5-4-6-23(9-11)13-12(17)7-10(8-21-13)16(18,19)20/h7-8,11H,4-6,9H2,1-3H3,(H,22,24). The highest BCUT2D eigenvalue weighted by Crippen LogP contribution is 2.34. The largest absolute Gasteiger partial charge is 0.444 e. The van der Waals surface area contributed by atoms with Crippen LogP contribution in [-0.2, 0) is 10.9 Å². The summed E-state index contributed by atoms with van der Waals surface area (Å²) in [5, 5.41) is 2.80. The first-order valence-corrected chi connectivity index (χ1v) is 8.72. The van der Waals surface area contributed by atoms with Gasteiger partial charge in [0.2, 0.25) is 0 Å². The highest BCUT2D eigenvalue weighted by molar-refractivity contribution is 9.10. The molecular formula is C16H21BrF3N3O2. The lowest BCUT2D eigenvalue weighted by atomic mass is 10.1. The molecule has 0 radical (unpaired) electrons. The second-order valence-corrected chi connectivity index (χ2v) is 7.81. The number of ether oxygens (including phenoxy) is 1. The van der Waals surface area contributed by atoms with E-state index in [2.05, 4.69) is 26.2 Å². The van der Waals surface area contributed by atoms with Gasteiger partial charge in [-0.3, -0.25) is 0 Å².